The van der Waals surface area contributed by atoms with Crippen LogP contribution in [0.5, 0.6) is 5.75 Å². The largest absolute Gasteiger partial charge is 0.491 e. The summed E-state index contributed by atoms with van der Waals surface area (Å²) in [5.74, 6) is 0.696. The van der Waals surface area contributed by atoms with Crippen LogP contribution in [-0.2, 0) is 0 Å². The Morgan fingerprint density at radius 1 is 1.37 bits per heavy atom. The van der Waals surface area contributed by atoms with Crippen molar-refractivity contribution in [2.45, 2.75) is 25.0 Å². The molecule has 2 N–H and O–H groups in total. The van der Waals surface area contributed by atoms with Crippen LogP contribution in [0.2, 0.25) is 5.02 Å². The fourth-order valence-electron chi connectivity index (χ4n) is 2.27. The van der Waals surface area contributed by atoms with E-state index in [1.165, 1.54) is 0 Å². The number of nitrogens with zero attached hydrogens (tertiary/aromatic N) is 1. The topological polar surface area (TPSA) is 52.9 Å². The molecule has 2 rings (SSSR count). The summed E-state index contributed by atoms with van der Waals surface area (Å²) in [5, 5.41) is 20.2. The third-order valence-electron chi connectivity index (χ3n) is 3.21. The number of ether oxygens (including phenoxy) is 1. The molecule has 0 amide bonds. The zero-order valence-electron chi connectivity index (χ0n) is 10.8. The number of β-amino-alcohol motifs (C(OH)–C–C–N with tert-alkyl or cyclic N) is 2. The van der Waals surface area contributed by atoms with E-state index in [2.05, 4.69) is 4.90 Å². The molecule has 2 unspecified atom stereocenters. The van der Waals surface area contributed by atoms with Crippen LogP contribution in [0.25, 0.3) is 0 Å². The molecule has 1 heterocycles. The highest BCUT2D eigenvalue weighted by Gasteiger charge is 2.20. The summed E-state index contributed by atoms with van der Waals surface area (Å²) >= 11 is 5.78. The van der Waals surface area contributed by atoms with Gasteiger partial charge in [0.1, 0.15) is 18.5 Å². The van der Waals surface area contributed by atoms with Crippen molar-refractivity contribution in [3.63, 3.8) is 0 Å². The molecule has 19 heavy (non-hydrogen) atoms. The highest BCUT2D eigenvalue weighted by Crippen LogP contribution is 2.16. The number of hydrogen-bond donors (Lipinski definition) is 2. The average molecular weight is 286 g/mol. The van der Waals surface area contributed by atoms with Crippen molar-refractivity contribution < 1.29 is 14.9 Å². The van der Waals surface area contributed by atoms with Gasteiger partial charge in [-0.2, -0.15) is 0 Å². The third-order valence-corrected chi connectivity index (χ3v) is 3.46. The molecule has 1 fully saturated rings. The van der Waals surface area contributed by atoms with Gasteiger partial charge in [0, 0.05) is 18.1 Å². The smallest absolute Gasteiger partial charge is 0.119 e. The Hall–Kier alpha value is -0.810. The Labute approximate surface area is 118 Å². The molecule has 0 spiro atoms. The van der Waals surface area contributed by atoms with E-state index in [1.54, 1.807) is 24.3 Å². The van der Waals surface area contributed by atoms with Crippen molar-refractivity contribution in [3.05, 3.63) is 29.3 Å². The first kappa shape index (κ1) is 14.6. The molecule has 106 valence electrons. The SMILES string of the molecule is OC1CCCN(CC(O)COc2ccc(Cl)cc2)C1. The molecule has 0 radical (unpaired) electrons. The van der Waals surface area contributed by atoms with E-state index in [0.29, 0.717) is 23.9 Å². The van der Waals surface area contributed by atoms with Gasteiger partial charge >= 0.3 is 0 Å². The van der Waals surface area contributed by atoms with Crippen LogP contribution >= 0.6 is 11.6 Å². The fraction of sp³-hybridized carbons (Fsp3) is 0.571. The summed E-state index contributed by atoms with van der Waals surface area (Å²) in [6.45, 7) is 2.34. The fourth-order valence-corrected chi connectivity index (χ4v) is 2.40. The average Bonchev–Trinajstić information content (AvgIpc) is 2.38. The molecule has 1 saturated heterocycles. The number of piperidine rings is 1. The molecule has 0 saturated carbocycles. The zero-order chi connectivity index (χ0) is 13.7. The third kappa shape index (κ3) is 4.99. The molecule has 1 aliphatic rings. The molecule has 0 aromatic heterocycles. The Kier molecular flexibility index (Phi) is 5.45. The van der Waals surface area contributed by atoms with Gasteiger partial charge in [-0.1, -0.05) is 11.6 Å². The standard InChI is InChI=1S/C14H20ClNO3/c15-11-3-5-14(6-4-11)19-10-13(18)9-16-7-1-2-12(17)8-16/h3-6,12-13,17-18H,1-2,7-10H2. The minimum absolute atomic E-state index is 0.244. The monoisotopic (exact) mass is 285 g/mol. The summed E-state index contributed by atoms with van der Waals surface area (Å²) in [4.78, 5) is 2.07. The minimum atomic E-state index is -0.555. The van der Waals surface area contributed by atoms with E-state index in [9.17, 15) is 10.2 Å². The Balaban J connectivity index is 1.72. The van der Waals surface area contributed by atoms with Crippen LogP contribution in [0.15, 0.2) is 24.3 Å². The van der Waals surface area contributed by atoms with Gasteiger partial charge in [0.05, 0.1) is 6.10 Å². The molecule has 1 aliphatic heterocycles. The molecular weight excluding hydrogens is 266 g/mol. The molecule has 1 aromatic rings. The number of likely N-dealkylation sites (tertiary alicyclic amines) is 1. The van der Waals surface area contributed by atoms with E-state index < -0.39 is 6.10 Å². The van der Waals surface area contributed by atoms with E-state index in [1.807, 2.05) is 0 Å². The van der Waals surface area contributed by atoms with E-state index in [-0.39, 0.29) is 12.7 Å². The number of halogens is 1. The maximum Gasteiger partial charge on any atom is 0.119 e. The second-order valence-electron chi connectivity index (χ2n) is 4.97. The number of rotatable bonds is 5. The lowest BCUT2D eigenvalue weighted by atomic mass is 10.1. The number of benzene rings is 1. The van der Waals surface area contributed by atoms with Gasteiger partial charge < -0.3 is 14.9 Å². The highest BCUT2D eigenvalue weighted by atomic mass is 35.5. The molecule has 5 heteroatoms. The first-order valence-corrected chi connectivity index (χ1v) is 6.98. The molecule has 4 nitrogen and oxygen atoms in total. The maximum absolute atomic E-state index is 9.93. The van der Waals surface area contributed by atoms with Crippen molar-refractivity contribution >= 4 is 11.6 Å². The first-order valence-electron chi connectivity index (χ1n) is 6.60. The van der Waals surface area contributed by atoms with Crippen LogP contribution < -0.4 is 4.74 Å². The summed E-state index contributed by atoms with van der Waals surface area (Å²) in [6, 6.07) is 7.06. The second-order valence-corrected chi connectivity index (χ2v) is 5.41. The van der Waals surface area contributed by atoms with Gasteiger partial charge in [0.15, 0.2) is 0 Å². The first-order chi connectivity index (χ1) is 9.13. The van der Waals surface area contributed by atoms with E-state index in [4.69, 9.17) is 16.3 Å². The van der Waals surface area contributed by atoms with Crippen LogP contribution in [0.3, 0.4) is 0 Å². The molecule has 0 bridgehead atoms. The van der Waals surface area contributed by atoms with Crippen molar-refractivity contribution in [2.75, 3.05) is 26.2 Å². The number of aliphatic hydroxyl groups excluding tert-OH is 2. The quantitative estimate of drug-likeness (QED) is 0.862. The Morgan fingerprint density at radius 3 is 2.79 bits per heavy atom. The van der Waals surface area contributed by atoms with Gasteiger partial charge in [-0.3, -0.25) is 4.90 Å². The van der Waals surface area contributed by atoms with Gasteiger partial charge in [-0.05, 0) is 43.7 Å². The summed E-state index contributed by atoms with van der Waals surface area (Å²) in [5.41, 5.74) is 0. The molecule has 2 atom stereocenters. The predicted octanol–water partition coefficient (Wildman–Crippen LogP) is 1.54. The summed E-state index contributed by atoms with van der Waals surface area (Å²) in [6.07, 6.45) is 1.01. The normalized spacial score (nSPS) is 22.2. The van der Waals surface area contributed by atoms with Crippen molar-refractivity contribution in [3.8, 4) is 5.75 Å². The molecular formula is C14H20ClNO3. The van der Waals surface area contributed by atoms with E-state index >= 15 is 0 Å². The van der Waals surface area contributed by atoms with Gasteiger partial charge in [-0.15, -0.1) is 0 Å². The Morgan fingerprint density at radius 2 is 2.11 bits per heavy atom. The lowest BCUT2D eigenvalue weighted by Crippen LogP contribution is -2.43. The van der Waals surface area contributed by atoms with Crippen molar-refractivity contribution in [1.29, 1.82) is 0 Å². The number of aliphatic hydroxyl groups is 2. The maximum atomic E-state index is 9.93. The minimum Gasteiger partial charge on any atom is -0.491 e. The molecule has 0 aliphatic carbocycles. The van der Waals surface area contributed by atoms with Crippen LogP contribution in [0, 0.1) is 0 Å². The van der Waals surface area contributed by atoms with Crippen molar-refractivity contribution in [2.24, 2.45) is 0 Å². The Bertz CT molecular complexity index is 385. The molecule has 1 aromatic carbocycles. The van der Waals surface area contributed by atoms with Gasteiger partial charge in [0.25, 0.3) is 0 Å². The zero-order valence-corrected chi connectivity index (χ0v) is 11.6. The van der Waals surface area contributed by atoms with Gasteiger partial charge in [0.2, 0.25) is 0 Å². The summed E-state index contributed by atoms with van der Waals surface area (Å²) < 4.78 is 5.49. The van der Waals surface area contributed by atoms with Gasteiger partial charge in [-0.25, -0.2) is 0 Å². The van der Waals surface area contributed by atoms with Crippen molar-refractivity contribution in [1.82, 2.24) is 4.90 Å². The van der Waals surface area contributed by atoms with E-state index in [0.717, 1.165) is 19.4 Å². The predicted molar refractivity (Wildman–Crippen MR) is 74.6 cm³/mol. The number of hydrogen-bond acceptors (Lipinski definition) is 4. The summed E-state index contributed by atoms with van der Waals surface area (Å²) in [7, 11) is 0. The van der Waals surface area contributed by atoms with Crippen LogP contribution in [0.1, 0.15) is 12.8 Å². The second kappa shape index (κ2) is 7.10. The lowest BCUT2D eigenvalue weighted by molar-refractivity contribution is 0.0243. The van der Waals surface area contributed by atoms with Crippen LogP contribution in [0.4, 0.5) is 0 Å². The van der Waals surface area contributed by atoms with Crippen LogP contribution in [-0.4, -0.2) is 53.6 Å². The lowest BCUT2D eigenvalue weighted by Gasteiger charge is -2.31. The highest BCUT2D eigenvalue weighted by molar-refractivity contribution is 6.30.